The average molecular weight is 698 g/mol. The Balaban J connectivity index is 1.82. The highest BCUT2D eigenvalue weighted by molar-refractivity contribution is 7.89. The molecule has 5 N–H and O–H groups in total. The lowest BCUT2D eigenvalue weighted by Gasteiger charge is -2.34. The van der Waals surface area contributed by atoms with Gasteiger partial charge in [-0.1, -0.05) is 94.4 Å². The van der Waals surface area contributed by atoms with Gasteiger partial charge in [-0.3, -0.25) is 9.59 Å². The molecule has 3 aromatic carbocycles. The standard InChI is InChI=1S/C36H48FN5O6S/c1-25(2)23-42(49(47,48)30-16-14-27(15-17-30)21-39-46)24-32(43)31(19-26-10-7-6-8-11-26)40-35(45)34(36(3,4)5)41-33(44)22-38-20-28-12-9-13-29(37)18-28/h6-18,21,25,31-32,34,38,43,46H,19-20,22-24H2,1-5H3,(H,40,45)(H,41,44)/t31-,32-,34-/m0/s1. The largest absolute Gasteiger partial charge is 0.411 e. The molecular weight excluding hydrogens is 649 g/mol. The summed E-state index contributed by atoms with van der Waals surface area (Å²) in [6.45, 7) is 9.05. The van der Waals surface area contributed by atoms with Crippen molar-refractivity contribution in [2.75, 3.05) is 19.6 Å². The van der Waals surface area contributed by atoms with Crippen LogP contribution in [0.25, 0.3) is 0 Å². The van der Waals surface area contributed by atoms with Crippen LogP contribution in [0.1, 0.15) is 51.3 Å². The van der Waals surface area contributed by atoms with Crippen LogP contribution in [0.4, 0.5) is 4.39 Å². The second-order valence-electron chi connectivity index (χ2n) is 13.5. The minimum atomic E-state index is -4.08. The van der Waals surface area contributed by atoms with Gasteiger partial charge in [-0.05, 0) is 58.7 Å². The van der Waals surface area contributed by atoms with Crippen LogP contribution in [0.15, 0.2) is 88.9 Å². The van der Waals surface area contributed by atoms with Crippen LogP contribution >= 0.6 is 0 Å². The minimum absolute atomic E-state index is 0.000557. The highest BCUT2D eigenvalue weighted by Crippen LogP contribution is 2.22. The number of aliphatic hydroxyl groups is 1. The lowest BCUT2D eigenvalue weighted by Crippen LogP contribution is -2.59. The summed E-state index contributed by atoms with van der Waals surface area (Å²) in [6.07, 6.45) is 0.0424. The van der Waals surface area contributed by atoms with Gasteiger partial charge in [0.15, 0.2) is 0 Å². The number of hydrogen-bond acceptors (Lipinski definition) is 8. The molecule has 0 saturated carbocycles. The zero-order valence-corrected chi connectivity index (χ0v) is 29.5. The number of hydrogen-bond donors (Lipinski definition) is 5. The summed E-state index contributed by atoms with van der Waals surface area (Å²) in [5, 5.41) is 32.1. The van der Waals surface area contributed by atoms with Gasteiger partial charge in [-0.25, -0.2) is 12.8 Å². The number of benzene rings is 3. The van der Waals surface area contributed by atoms with E-state index in [1.165, 1.54) is 46.9 Å². The first kappa shape index (κ1) is 39.3. The van der Waals surface area contributed by atoms with Gasteiger partial charge in [-0.2, -0.15) is 4.31 Å². The van der Waals surface area contributed by atoms with E-state index >= 15 is 0 Å². The quantitative estimate of drug-likeness (QED) is 0.0817. The van der Waals surface area contributed by atoms with Crippen molar-refractivity contribution in [2.24, 2.45) is 16.5 Å². The third kappa shape index (κ3) is 12.3. The summed E-state index contributed by atoms with van der Waals surface area (Å²) in [5.74, 6) is -1.45. The predicted octanol–water partition coefficient (Wildman–Crippen LogP) is 3.69. The van der Waals surface area contributed by atoms with E-state index in [-0.39, 0.29) is 49.2 Å². The van der Waals surface area contributed by atoms with E-state index in [1.807, 2.05) is 44.2 Å². The average Bonchev–Trinajstić information content (AvgIpc) is 3.03. The molecule has 3 aromatic rings. The molecule has 0 aliphatic heterocycles. The molecule has 0 radical (unpaired) electrons. The number of aliphatic hydroxyl groups excluding tert-OH is 1. The van der Waals surface area contributed by atoms with Crippen molar-refractivity contribution in [1.82, 2.24) is 20.3 Å². The van der Waals surface area contributed by atoms with Crippen LogP contribution < -0.4 is 16.0 Å². The molecular formula is C36H48FN5O6S. The zero-order chi connectivity index (χ0) is 36.2. The number of halogens is 1. The fraction of sp³-hybridized carbons (Fsp3) is 0.417. The van der Waals surface area contributed by atoms with E-state index in [2.05, 4.69) is 21.1 Å². The van der Waals surface area contributed by atoms with E-state index in [4.69, 9.17) is 5.21 Å². The van der Waals surface area contributed by atoms with E-state index in [1.54, 1.807) is 32.9 Å². The van der Waals surface area contributed by atoms with Crippen molar-refractivity contribution in [3.05, 3.63) is 101 Å². The number of amides is 2. The van der Waals surface area contributed by atoms with Gasteiger partial charge in [0.05, 0.1) is 29.8 Å². The lowest BCUT2D eigenvalue weighted by atomic mass is 9.85. The van der Waals surface area contributed by atoms with Crippen LogP contribution in [0.2, 0.25) is 0 Å². The van der Waals surface area contributed by atoms with Crippen molar-refractivity contribution in [3.63, 3.8) is 0 Å². The van der Waals surface area contributed by atoms with Gasteiger partial charge in [-0.15, -0.1) is 0 Å². The number of nitrogens with one attached hydrogen (secondary N) is 3. The van der Waals surface area contributed by atoms with Gasteiger partial charge in [0.2, 0.25) is 21.8 Å². The first-order valence-electron chi connectivity index (χ1n) is 16.1. The van der Waals surface area contributed by atoms with Crippen LogP contribution in [0.3, 0.4) is 0 Å². The number of rotatable bonds is 17. The molecule has 0 spiro atoms. The first-order chi connectivity index (χ1) is 23.1. The Hall–Kier alpha value is -4.17. The third-order valence-electron chi connectivity index (χ3n) is 7.71. The van der Waals surface area contributed by atoms with Crippen molar-refractivity contribution < 1.29 is 32.7 Å². The Kier molecular flexibility index (Phi) is 14.4. The molecule has 0 saturated heterocycles. The topological polar surface area (TPSA) is 160 Å². The Bertz CT molecular complexity index is 1650. The van der Waals surface area contributed by atoms with Crippen molar-refractivity contribution in [1.29, 1.82) is 0 Å². The van der Waals surface area contributed by atoms with Gasteiger partial charge in [0.25, 0.3) is 0 Å². The molecule has 13 heteroatoms. The van der Waals surface area contributed by atoms with Crippen LogP contribution in [-0.2, 0) is 32.6 Å². The number of carbonyl (C=O) groups excluding carboxylic acids is 2. The molecule has 2 amide bonds. The molecule has 0 fully saturated rings. The first-order valence-corrected chi connectivity index (χ1v) is 17.6. The van der Waals surface area contributed by atoms with Crippen LogP contribution in [-0.4, -0.2) is 78.9 Å². The van der Waals surface area contributed by atoms with Gasteiger partial charge < -0.3 is 26.3 Å². The monoisotopic (exact) mass is 697 g/mol. The molecule has 0 heterocycles. The van der Waals surface area contributed by atoms with Gasteiger partial charge in [0, 0.05) is 19.6 Å². The van der Waals surface area contributed by atoms with Gasteiger partial charge in [0.1, 0.15) is 11.9 Å². The summed E-state index contributed by atoms with van der Waals surface area (Å²) in [7, 11) is -4.08. The van der Waals surface area contributed by atoms with E-state index in [9.17, 15) is 27.5 Å². The molecule has 0 aliphatic rings. The molecule has 3 atom stereocenters. The fourth-order valence-corrected chi connectivity index (χ4v) is 6.85. The summed E-state index contributed by atoms with van der Waals surface area (Å²) in [5.41, 5.74) is 1.25. The van der Waals surface area contributed by atoms with Gasteiger partial charge >= 0.3 is 0 Å². The maximum atomic E-state index is 13.9. The van der Waals surface area contributed by atoms with Crippen molar-refractivity contribution in [2.45, 2.75) is 70.7 Å². The molecule has 3 rings (SSSR count). The lowest BCUT2D eigenvalue weighted by molar-refractivity contribution is -0.132. The number of sulfonamides is 1. The maximum absolute atomic E-state index is 13.9. The summed E-state index contributed by atoms with van der Waals surface area (Å²) < 4.78 is 42.3. The van der Waals surface area contributed by atoms with Crippen LogP contribution in [0, 0.1) is 17.2 Å². The van der Waals surface area contributed by atoms with Crippen LogP contribution in [0.5, 0.6) is 0 Å². The van der Waals surface area contributed by atoms with Crippen molar-refractivity contribution in [3.8, 4) is 0 Å². The Labute approximate surface area is 288 Å². The second-order valence-corrected chi connectivity index (χ2v) is 15.4. The molecule has 266 valence electrons. The SMILES string of the molecule is CC(C)CN(C[C@H](O)[C@H](Cc1ccccc1)NC(=O)[C@H](NC(=O)CNCc1cccc(F)c1)C(C)(C)C)S(=O)(=O)c1ccc(C=NO)cc1. The Morgan fingerprint density at radius 3 is 2.18 bits per heavy atom. The molecule has 0 bridgehead atoms. The molecule has 49 heavy (non-hydrogen) atoms. The third-order valence-corrected chi connectivity index (χ3v) is 9.56. The summed E-state index contributed by atoms with van der Waals surface area (Å²) in [6, 6.07) is 19.1. The maximum Gasteiger partial charge on any atom is 0.243 e. The molecule has 11 nitrogen and oxygen atoms in total. The van der Waals surface area contributed by atoms with E-state index in [0.29, 0.717) is 11.1 Å². The van der Waals surface area contributed by atoms with Crippen molar-refractivity contribution >= 4 is 28.1 Å². The summed E-state index contributed by atoms with van der Waals surface area (Å²) in [4.78, 5) is 26.8. The number of carbonyl (C=O) groups is 2. The normalized spacial score (nSPS) is 14.1. The minimum Gasteiger partial charge on any atom is -0.411 e. The zero-order valence-electron chi connectivity index (χ0n) is 28.6. The van der Waals surface area contributed by atoms with E-state index in [0.717, 1.165) is 5.56 Å². The highest BCUT2D eigenvalue weighted by atomic mass is 32.2. The number of oxime groups is 1. The smallest absolute Gasteiger partial charge is 0.243 e. The molecule has 0 unspecified atom stereocenters. The fourth-order valence-electron chi connectivity index (χ4n) is 5.23. The van der Waals surface area contributed by atoms with E-state index < -0.39 is 45.4 Å². The molecule has 0 aliphatic carbocycles. The Morgan fingerprint density at radius 1 is 0.939 bits per heavy atom. The predicted molar refractivity (Wildman–Crippen MR) is 187 cm³/mol. The summed E-state index contributed by atoms with van der Waals surface area (Å²) >= 11 is 0. The highest BCUT2D eigenvalue weighted by Gasteiger charge is 2.36. The molecule has 0 aromatic heterocycles. The second kappa shape index (κ2) is 18.0. The number of nitrogens with zero attached hydrogens (tertiary/aromatic N) is 2. The Morgan fingerprint density at radius 2 is 1.59 bits per heavy atom.